The molecule has 24 heavy (non-hydrogen) atoms. The number of anilines is 1. The molecular weight excluding hydrogens is 326 g/mol. The van der Waals surface area contributed by atoms with Crippen molar-refractivity contribution in [1.29, 1.82) is 0 Å². The van der Waals surface area contributed by atoms with E-state index in [1.165, 1.54) is 18.4 Å². The van der Waals surface area contributed by atoms with Crippen LogP contribution in [0.4, 0.5) is 5.82 Å². The molecule has 0 saturated heterocycles. The molecular formula is C17H23N3O3S. The lowest BCUT2D eigenvalue weighted by Gasteiger charge is -2.29. The molecule has 0 bridgehead atoms. The minimum absolute atomic E-state index is 0.295. The summed E-state index contributed by atoms with van der Waals surface area (Å²) in [7, 11) is 3.17. The van der Waals surface area contributed by atoms with Crippen LogP contribution in [0.25, 0.3) is 10.2 Å². The van der Waals surface area contributed by atoms with Crippen LogP contribution in [0.3, 0.4) is 0 Å². The summed E-state index contributed by atoms with van der Waals surface area (Å²) in [4.78, 5) is 22.5. The third kappa shape index (κ3) is 3.23. The first kappa shape index (κ1) is 17.1. The van der Waals surface area contributed by atoms with Crippen LogP contribution >= 0.6 is 11.3 Å². The number of fused-ring (bicyclic) bond motifs is 1. The first-order valence-corrected chi connectivity index (χ1v) is 9.00. The molecule has 1 fully saturated rings. The minimum atomic E-state index is -0.323. The van der Waals surface area contributed by atoms with Gasteiger partial charge in [0, 0.05) is 13.2 Å². The van der Waals surface area contributed by atoms with Gasteiger partial charge in [0.2, 0.25) is 0 Å². The molecule has 6 nitrogen and oxygen atoms in total. The average molecular weight is 349 g/mol. The van der Waals surface area contributed by atoms with E-state index in [-0.39, 0.29) is 5.97 Å². The second-order valence-corrected chi connectivity index (χ2v) is 7.21. The first-order chi connectivity index (χ1) is 11.5. The van der Waals surface area contributed by atoms with Crippen molar-refractivity contribution >= 4 is 33.3 Å². The van der Waals surface area contributed by atoms with Gasteiger partial charge in [0.15, 0.2) is 0 Å². The van der Waals surface area contributed by atoms with Crippen LogP contribution in [0.2, 0.25) is 0 Å². The van der Waals surface area contributed by atoms with Gasteiger partial charge >= 0.3 is 5.97 Å². The van der Waals surface area contributed by atoms with Gasteiger partial charge < -0.3 is 14.8 Å². The Kier molecular flexibility index (Phi) is 5.01. The van der Waals surface area contributed by atoms with Crippen molar-refractivity contribution in [1.82, 2.24) is 9.97 Å². The lowest BCUT2D eigenvalue weighted by Crippen LogP contribution is -2.31. The largest absolute Gasteiger partial charge is 0.465 e. The molecule has 2 heterocycles. The zero-order valence-corrected chi connectivity index (χ0v) is 15.3. The quantitative estimate of drug-likeness (QED) is 0.852. The summed E-state index contributed by atoms with van der Waals surface area (Å²) in [5, 5.41) is 4.49. The fraction of sp³-hybridized carbons (Fsp3) is 0.588. The van der Waals surface area contributed by atoms with Gasteiger partial charge in [-0.1, -0.05) is 0 Å². The number of carbonyl (C=O) groups is 1. The molecule has 2 aromatic rings. The number of aromatic nitrogens is 2. The molecule has 2 aromatic heterocycles. The fourth-order valence-electron chi connectivity index (χ4n) is 3.32. The van der Waals surface area contributed by atoms with Crippen LogP contribution in [0.15, 0.2) is 0 Å². The highest BCUT2D eigenvalue weighted by atomic mass is 32.1. The highest BCUT2D eigenvalue weighted by Gasteiger charge is 2.25. The summed E-state index contributed by atoms with van der Waals surface area (Å²) in [6.45, 7) is 3.80. The molecule has 3 rings (SSSR count). The SMILES string of the molecule is COC(=O)c1sc2nc(C)nc(NC3CCCC(OC)C3)c2c1C. The van der Waals surface area contributed by atoms with E-state index in [2.05, 4.69) is 15.3 Å². The van der Waals surface area contributed by atoms with Crippen molar-refractivity contribution in [3.63, 3.8) is 0 Å². The van der Waals surface area contributed by atoms with Gasteiger partial charge in [-0.05, 0) is 45.1 Å². The van der Waals surface area contributed by atoms with Gasteiger partial charge in [-0.15, -0.1) is 11.3 Å². The van der Waals surface area contributed by atoms with Crippen molar-refractivity contribution in [2.75, 3.05) is 19.5 Å². The molecule has 7 heteroatoms. The molecule has 0 amide bonds. The summed E-state index contributed by atoms with van der Waals surface area (Å²) >= 11 is 1.36. The number of thiophene rings is 1. The maximum Gasteiger partial charge on any atom is 0.348 e. The van der Waals surface area contributed by atoms with Crippen LogP contribution in [0.5, 0.6) is 0 Å². The zero-order valence-electron chi connectivity index (χ0n) is 14.5. The average Bonchev–Trinajstić information content (AvgIpc) is 2.91. The number of ether oxygens (including phenoxy) is 2. The van der Waals surface area contributed by atoms with E-state index >= 15 is 0 Å². The van der Waals surface area contributed by atoms with E-state index in [9.17, 15) is 4.79 Å². The number of esters is 1. The monoisotopic (exact) mass is 349 g/mol. The van der Waals surface area contributed by atoms with E-state index in [0.29, 0.717) is 22.8 Å². The third-order valence-corrected chi connectivity index (χ3v) is 5.74. The Hall–Kier alpha value is -1.73. The zero-order chi connectivity index (χ0) is 17.3. The van der Waals surface area contributed by atoms with Gasteiger partial charge in [-0.25, -0.2) is 14.8 Å². The summed E-state index contributed by atoms with van der Waals surface area (Å²) in [6, 6.07) is 0.321. The Morgan fingerprint density at radius 1 is 1.25 bits per heavy atom. The number of nitrogens with zero attached hydrogens (tertiary/aromatic N) is 2. The molecule has 0 spiro atoms. The molecule has 1 N–H and O–H groups in total. The number of hydrogen-bond acceptors (Lipinski definition) is 7. The lowest BCUT2D eigenvalue weighted by atomic mass is 9.93. The van der Waals surface area contributed by atoms with Crippen molar-refractivity contribution < 1.29 is 14.3 Å². The Bertz CT molecular complexity index is 759. The van der Waals surface area contributed by atoms with Crippen molar-refractivity contribution in [3.8, 4) is 0 Å². The van der Waals surface area contributed by atoms with E-state index in [1.807, 2.05) is 13.8 Å². The van der Waals surface area contributed by atoms with Crippen LogP contribution in [-0.4, -0.2) is 42.3 Å². The molecule has 1 aliphatic rings. The van der Waals surface area contributed by atoms with Crippen LogP contribution in [0.1, 0.15) is 46.7 Å². The van der Waals surface area contributed by atoms with Gasteiger partial charge in [-0.2, -0.15) is 0 Å². The predicted molar refractivity (Wildman–Crippen MR) is 94.9 cm³/mol. The first-order valence-electron chi connectivity index (χ1n) is 8.18. The number of rotatable bonds is 4. The number of nitrogens with one attached hydrogen (secondary N) is 1. The minimum Gasteiger partial charge on any atom is -0.465 e. The predicted octanol–water partition coefficient (Wildman–Crippen LogP) is 3.46. The van der Waals surface area contributed by atoms with E-state index in [4.69, 9.17) is 9.47 Å². The Labute approximate surface area is 145 Å². The Morgan fingerprint density at radius 2 is 2.04 bits per heavy atom. The summed E-state index contributed by atoms with van der Waals surface area (Å²) < 4.78 is 10.4. The molecule has 1 saturated carbocycles. The normalized spacial score (nSPS) is 21.0. The Morgan fingerprint density at radius 3 is 2.75 bits per heavy atom. The van der Waals surface area contributed by atoms with Crippen LogP contribution in [-0.2, 0) is 9.47 Å². The topological polar surface area (TPSA) is 73.3 Å². The second kappa shape index (κ2) is 7.03. The molecule has 0 aromatic carbocycles. The van der Waals surface area contributed by atoms with E-state index < -0.39 is 0 Å². The molecule has 1 aliphatic carbocycles. The maximum absolute atomic E-state index is 12.0. The van der Waals surface area contributed by atoms with Gasteiger partial charge in [-0.3, -0.25) is 0 Å². The van der Waals surface area contributed by atoms with Gasteiger partial charge in [0.05, 0.1) is 18.6 Å². The number of carbonyl (C=O) groups excluding carboxylic acids is 1. The van der Waals surface area contributed by atoms with Crippen molar-refractivity contribution in [2.45, 2.75) is 51.7 Å². The second-order valence-electron chi connectivity index (χ2n) is 6.21. The third-order valence-electron chi connectivity index (χ3n) is 4.57. The highest BCUT2D eigenvalue weighted by Crippen LogP contribution is 2.35. The molecule has 0 aliphatic heterocycles. The molecule has 2 atom stereocenters. The summed E-state index contributed by atoms with van der Waals surface area (Å²) in [5.41, 5.74) is 0.878. The fourth-order valence-corrected chi connectivity index (χ4v) is 4.47. The summed E-state index contributed by atoms with van der Waals surface area (Å²) in [5.74, 6) is 1.18. The number of methoxy groups -OCH3 is 2. The van der Waals surface area contributed by atoms with Gasteiger partial charge in [0.1, 0.15) is 21.3 Å². The highest BCUT2D eigenvalue weighted by molar-refractivity contribution is 7.20. The van der Waals surface area contributed by atoms with E-state index in [0.717, 1.165) is 47.3 Å². The maximum atomic E-state index is 12.0. The van der Waals surface area contributed by atoms with Crippen molar-refractivity contribution in [2.24, 2.45) is 0 Å². The molecule has 2 unspecified atom stereocenters. The van der Waals surface area contributed by atoms with Crippen LogP contribution < -0.4 is 5.32 Å². The Balaban J connectivity index is 1.97. The molecule has 0 radical (unpaired) electrons. The van der Waals surface area contributed by atoms with Crippen LogP contribution in [0, 0.1) is 13.8 Å². The van der Waals surface area contributed by atoms with Crippen molar-refractivity contribution in [3.05, 3.63) is 16.3 Å². The lowest BCUT2D eigenvalue weighted by molar-refractivity contribution is 0.0605. The number of aryl methyl sites for hydroxylation is 2. The standard InChI is InChI=1S/C17H23N3O3S/c1-9-13-15(20-11-6-5-7-12(8-11)22-3)18-10(2)19-16(13)24-14(9)17(21)23-4/h11-12H,5-8H2,1-4H3,(H,18,19,20). The van der Waals surface area contributed by atoms with Gasteiger partial charge in [0.25, 0.3) is 0 Å². The van der Waals surface area contributed by atoms with E-state index in [1.54, 1.807) is 7.11 Å². The summed E-state index contributed by atoms with van der Waals surface area (Å²) in [6.07, 6.45) is 4.60. The molecule has 130 valence electrons. The number of hydrogen-bond donors (Lipinski definition) is 1. The smallest absolute Gasteiger partial charge is 0.348 e.